The zero-order valence-corrected chi connectivity index (χ0v) is 10.9. The van der Waals surface area contributed by atoms with Gasteiger partial charge in [-0.1, -0.05) is 0 Å². The fraction of sp³-hybridized carbons (Fsp3) is 0.545. The quantitative estimate of drug-likeness (QED) is 0.684. The lowest BCUT2D eigenvalue weighted by molar-refractivity contribution is -0.137. The van der Waals surface area contributed by atoms with Crippen molar-refractivity contribution in [2.24, 2.45) is 0 Å². The molecule has 0 radical (unpaired) electrons. The van der Waals surface area contributed by atoms with E-state index in [0.717, 1.165) is 0 Å². The molecule has 8 nitrogen and oxygen atoms in total. The minimum absolute atomic E-state index is 0.256. The maximum atomic E-state index is 11.7. The summed E-state index contributed by atoms with van der Waals surface area (Å²) in [6.45, 7) is 1.82. The number of carboxylic acids is 1. The van der Waals surface area contributed by atoms with Gasteiger partial charge < -0.3 is 20.4 Å². The number of nitrogens with one attached hydrogen (secondary N) is 1. The second-order valence-electron chi connectivity index (χ2n) is 4.31. The van der Waals surface area contributed by atoms with Crippen molar-refractivity contribution in [3.8, 4) is 0 Å². The Hall–Kier alpha value is -2.09. The van der Waals surface area contributed by atoms with E-state index in [1.54, 1.807) is 14.0 Å². The molecule has 3 N–H and O–H groups in total. The molecule has 0 aliphatic carbocycles. The molecule has 1 atom stereocenters. The van der Waals surface area contributed by atoms with Gasteiger partial charge in [-0.05, 0) is 13.3 Å². The van der Waals surface area contributed by atoms with Gasteiger partial charge in [0.1, 0.15) is 6.54 Å². The van der Waals surface area contributed by atoms with Gasteiger partial charge in [0.2, 0.25) is 0 Å². The molecule has 1 aromatic rings. The predicted molar refractivity (Wildman–Crippen MR) is 67.8 cm³/mol. The minimum Gasteiger partial charge on any atom is -0.480 e. The topological polar surface area (TPSA) is 108 Å². The normalized spacial score (nSPS) is 11.9. The first-order valence-electron chi connectivity index (χ1n) is 5.83. The number of amides is 2. The fourth-order valence-electron chi connectivity index (χ4n) is 1.35. The molecule has 8 heteroatoms. The molecular formula is C11H18N4O4. The van der Waals surface area contributed by atoms with Crippen LogP contribution in [0.5, 0.6) is 0 Å². The number of hydrogen-bond acceptors (Lipinski definition) is 4. The van der Waals surface area contributed by atoms with Crippen molar-refractivity contribution in [3.05, 3.63) is 12.4 Å². The average Bonchev–Trinajstić information content (AvgIpc) is 2.72. The number of aliphatic hydroxyl groups is 1. The lowest BCUT2D eigenvalue weighted by Gasteiger charge is -2.17. The summed E-state index contributed by atoms with van der Waals surface area (Å²) in [7, 11) is 1.61. The Bertz CT molecular complexity index is 444. The predicted octanol–water partition coefficient (Wildman–Crippen LogP) is 0.202. The standard InChI is InChI=1S/C11H18N4O4/c1-8(16)3-4-14(2)11(19)13-9-5-12-15(6-9)7-10(17)18/h5-6,8,16H,3-4,7H2,1-2H3,(H,13,19)(H,17,18). The molecule has 0 fully saturated rings. The summed E-state index contributed by atoms with van der Waals surface area (Å²) in [5, 5.41) is 24.1. The largest absolute Gasteiger partial charge is 0.480 e. The zero-order chi connectivity index (χ0) is 14.4. The van der Waals surface area contributed by atoms with Crippen LogP contribution < -0.4 is 5.32 Å². The van der Waals surface area contributed by atoms with Crippen molar-refractivity contribution in [1.29, 1.82) is 0 Å². The van der Waals surface area contributed by atoms with Gasteiger partial charge in [-0.25, -0.2) is 4.79 Å². The van der Waals surface area contributed by atoms with Crippen LogP contribution in [-0.4, -0.2) is 56.6 Å². The van der Waals surface area contributed by atoms with Crippen molar-refractivity contribution in [1.82, 2.24) is 14.7 Å². The summed E-state index contributed by atoms with van der Waals surface area (Å²) in [6, 6.07) is -0.337. The van der Waals surface area contributed by atoms with Gasteiger partial charge in [-0.3, -0.25) is 9.48 Å². The number of hydrogen-bond donors (Lipinski definition) is 3. The van der Waals surface area contributed by atoms with Gasteiger partial charge in [0.25, 0.3) is 0 Å². The molecular weight excluding hydrogens is 252 g/mol. The molecule has 1 unspecified atom stereocenters. The van der Waals surface area contributed by atoms with E-state index in [0.29, 0.717) is 18.7 Å². The van der Waals surface area contributed by atoms with Crippen LogP contribution in [0.15, 0.2) is 12.4 Å². The third kappa shape index (κ3) is 5.38. The summed E-state index contributed by atoms with van der Waals surface area (Å²) in [5.74, 6) is -1.00. The number of rotatable bonds is 6. The third-order valence-electron chi connectivity index (χ3n) is 2.41. The molecule has 0 saturated carbocycles. The first-order valence-corrected chi connectivity index (χ1v) is 5.83. The van der Waals surface area contributed by atoms with Crippen LogP contribution in [0.1, 0.15) is 13.3 Å². The molecule has 0 aliphatic heterocycles. The Morgan fingerprint density at radius 3 is 2.84 bits per heavy atom. The molecule has 0 aliphatic rings. The molecule has 1 rings (SSSR count). The van der Waals surface area contributed by atoms with Gasteiger partial charge in [0, 0.05) is 19.8 Å². The number of aliphatic carboxylic acids is 1. The second kappa shape index (κ2) is 6.74. The summed E-state index contributed by atoms with van der Waals surface area (Å²) < 4.78 is 1.22. The van der Waals surface area contributed by atoms with E-state index >= 15 is 0 Å². The van der Waals surface area contributed by atoms with Crippen LogP contribution in [0.3, 0.4) is 0 Å². The van der Waals surface area contributed by atoms with E-state index in [1.807, 2.05) is 0 Å². The molecule has 106 valence electrons. The maximum absolute atomic E-state index is 11.7. The smallest absolute Gasteiger partial charge is 0.325 e. The number of urea groups is 1. The summed E-state index contributed by atoms with van der Waals surface area (Å²) in [4.78, 5) is 23.6. The molecule has 0 spiro atoms. The number of aliphatic hydroxyl groups excluding tert-OH is 1. The molecule has 19 heavy (non-hydrogen) atoms. The second-order valence-corrected chi connectivity index (χ2v) is 4.31. The van der Waals surface area contributed by atoms with Gasteiger partial charge in [-0.15, -0.1) is 0 Å². The highest BCUT2D eigenvalue weighted by atomic mass is 16.4. The average molecular weight is 270 g/mol. The molecule has 0 bridgehead atoms. The van der Waals surface area contributed by atoms with Crippen molar-refractivity contribution >= 4 is 17.7 Å². The summed E-state index contributed by atoms with van der Waals surface area (Å²) >= 11 is 0. The van der Waals surface area contributed by atoms with Crippen molar-refractivity contribution in [2.45, 2.75) is 26.0 Å². The highest BCUT2D eigenvalue weighted by Gasteiger charge is 2.11. The van der Waals surface area contributed by atoms with E-state index in [2.05, 4.69) is 10.4 Å². The van der Waals surface area contributed by atoms with E-state index in [4.69, 9.17) is 10.2 Å². The Morgan fingerprint density at radius 1 is 1.58 bits per heavy atom. The highest BCUT2D eigenvalue weighted by molar-refractivity contribution is 5.88. The number of carbonyl (C=O) groups is 2. The Kier molecular flexibility index (Phi) is 5.31. The fourth-order valence-corrected chi connectivity index (χ4v) is 1.35. The lowest BCUT2D eigenvalue weighted by atomic mass is 10.3. The summed E-state index contributed by atoms with van der Waals surface area (Å²) in [6.07, 6.45) is 2.84. The molecule has 1 aromatic heterocycles. The molecule has 1 heterocycles. The molecule has 2 amide bonds. The zero-order valence-electron chi connectivity index (χ0n) is 10.9. The van der Waals surface area contributed by atoms with Crippen molar-refractivity contribution < 1.29 is 19.8 Å². The number of nitrogens with zero attached hydrogens (tertiary/aromatic N) is 3. The van der Waals surface area contributed by atoms with E-state index < -0.39 is 12.1 Å². The van der Waals surface area contributed by atoms with Crippen LogP contribution >= 0.6 is 0 Å². The number of carbonyl (C=O) groups excluding carboxylic acids is 1. The van der Waals surface area contributed by atoms with Crippen LogP contribution in [0.25, 0.3) is 0 Å². The van der Waals surface area contributed by atoms with Crippen LogP contribution in [0.2, 0.25) is 0 Å². The van der Waals surface area contributed by atoms with E-state index in [-0.39, 0.29) is 12.6 Å². The maximum Gasteiger partial charge on any atom is 0.325 e. The van der Waals surface area contributed by atoms with Gasteiger partial charge >= 0.3 is 12.0 Å². The monoisotopic (exact) mass is 270 g/mol. The van der Waals surface area contributed by atoms with Gasteiger partial charge in [0.15, 0.2) is 0 Å². The SMILES string of the molecule is CC(O)CCN(C)C(=O)Nc1cnn(CC(=O)O)c1. The van der Waals surface area contributed by atoms with Crippen LogP contribution in [0, 0.1) is 0 Å². The lowest BCUT2D eigenvalue weighted by Crippen LogP contribution is -2.33. The summed E-state index contributed by atoms with van der Waals surface area (Å²) in [5.41, 5.74) is 0.426. The number of aromatic nitrogens is 2. The van der Waals surface area contributed by atoms with Crippen molar-refractivity contribution in [2.75, 3.05) is 18.9 Å². The number of anilines is 1. The first-order chi connectivity index (χ1) is 8.88. The Labute approximate surface area is 110 Å². The molecule has 0 aromatic carbocycles. The van der Waals surface area contributed by atoms with Crippen LogP contribution in [-0.2, 0) is 11.3 Å². The van der Waals surface area contributed by atoms with Crippen molar-refractivity contribution in [3.63, 3.8) is 0 Å². The molecule has 0 saturated heterocycles. The number of carboxylic acid groups (broad SMARTS) is 1. The van der Waals surface area contributed by atoms with Gasteiger partial charge in [-0.2, -0.15) is 5.10 Å². The highest BCUT2D eigenvalue weighted by Crippen LogP contribution is 2.06. The Morgan fingerprint density at radius 2 is 2.26 bits per heavy atom. The van der Waals surface area contributed by atoms with Gasteiger partial charge in [0.05, 0.1) is 18.0 Å². The van der Waals surface area contributed by atoms with Crippen LogP contribution in [0.4, 0.5) is 10.5 Å². The third-order valence-corrected chi connectivity index (χ3v) is 2.41. The first kappa shape index (κ1) is 15.0. The Balaban J connectivity index is 2.47. The van der Waals surface area contributed by atoms with E-state index in [1.165, 1.54) is 22.0 Å². The van der Waals surface area contributed by atoms with E-state index in [9.17, 15) is 9.59 Å². The minimum atomic E-state index is -1.00.